The number of hydrogen-bond acceptors (Lipinski definition) is 2. The molecule has 0 aliphatic heterocycles. The van der Waals surface area contributed by atoms with E-state index in [-0.39, 0.29) is 12.3 Å². The molecule has 0 aliphatic carbocycles. The molecule has 3 aromatic rings. The SMILES string of the molecule is O=C(N[C@H](Cc1ccc(I)cc1)C(=O)O)c1cccc2ccccc12. The van der Waals surface area contributed by atoms with E-state index in [0.29, 0.717) is 5.56 Å². The second kappa shape index (κ2) is 7.65. The Labute approximate surface area is 159 Å². The number of carbonyl (C=O) groups is 2. The number of amides is 1. The van der Waals surface area contributed by atoms with Crippen LogP contribution in [0.3, 0.4) is 0 Å². The fourth-order valence-electron chi connectivity index (χ4n) is 2.72. The van der Waals surface area contributed by atoms with Gasteiger partial charge in [0.05, 0.1) is 0 Å². The molecule has 1 amide bonds. The summed E-state index contributed by atoms with van der Waals surface area (Å²) >= 11 is 2.19. The van der Waals surface area contributed by atoms with Gasteiger partial charge in [0.2, 0.25) is 0 Å². The molecule has 5 heteroatoms. The van der Waals surface area contributed by atoms with Crippen LogP contribution in [0, 0.1) is 3.57 Å². The quantitative estimate of drug-likeness (QED) is 0.587. The van der Waals surface area contributed by atoms with E-state index in [4.69, 9.17) is 0 Å². The average molecular weight is 445 g/mol. The molecule has 3 aromatic carbocycles. The monoisotopic (exact) mass is 445 g/mol. The van der Waals surface area contributed by atoms with Crippen molar-refractivity contribution in [2.45, 2.75) is 12.5 Å². The topological polar surface area (TPSA) is 66.4 Å². The Morgan fingerprint density at radius 3 is 2.36 bits per heavy atom. The van der Waals surface area contributed by atoms with E-state index in [1.807, 2.05) is 54.6 Å². The Balaban J connectivity index is 1.83. The van der Waals surface area contributed by atoms with Crippen molar-refractivity contribution in [3.8, 4) is 0 Å². The summed E-state index contributed by atoms with van der Waals surface area (Å²) < 4.78 is 1.08. The van der Waals surface area contributed by atoms with E-state index in [2.05, 4.69) is 27.9 Å². The lowest BCUT2D eigenvalue weighted by molar-refractivity contribution is -0.139. The summed E-state index contributed by atoms with van der Waals surface area (Å²) in [7, 11) is 0. The minimum Gasteiger partial charge on any atom is -0.480 e. The number of carboxylic acids is 1. The van der Waals surface area contributed by atoms with Crippen molar-refractivity contribution in [1.82, 2.24) is 5.32 Å². The molecule has 0 bridgehead atoms. The maximum absolute atomic E-state index is 12.6. The second-order valence-corrected chi connectivity index (χ2v) is 6.97. The van der Waals surface area contributed by atoms with Crippen LogP contribution >= 0.6 is 22.6 Å². The van der Waals surface area contributed by atoms with Crippen LogP contribution < -0.4 is 5.32 Å². The molecule has 0 saturated heterocycles. The van der Waals surface area contributed by atoms with E-state index in [1.54, 1.807) is 12.1 Å². The highest BCUT2D eigenvalue weighted by Crippen LogP contribution is 2.18. The van der Waals surface area contributed by atoms with Crippen molar-refractivity contribution in [1.29, 1.82) is 0 Å². The normalized spacial score (nSPS) is 11.9. The fourth-order valence-corrected chi connectivity index (χ4v) is 3.08. The van der Waals surface area contributed by atoms with Gasteiger partial charge in [0, 0.05) is 15.6 Å². The number of halogens is 1. The summed E-state index contributed by atoms with van der Waals surface area (Å²) in [6, 6.07) is 19.6. The lowest BCUT2D eigenvalue weighted by Crippen LogP contribution is -2.42. The average Bonchev–Trinajstić information content (AvgIpc) is 2.62. The first-order chi connectivity index (χ1) is 12.0. The number of benzene rings is 3. The van der Waals surface area contributed by atoms with Crippen molar-refractivity contribution in [3.05, 3.63) is 81.4 Å². The highest BCUT2D eigenvalue weighted by molar-refractivity contribution is 14.1. The van der Waals surface area contributed by atoms with Gasteiger partial charge in [-0.2, -0.15) is 0 Å². The molecule has 0 saturated carbocycles. The van der Waals surface area contributed by atoms with E-state index in [0.717, 1.165) is 19.9 Å². The van der Waals surface area contributed by atoms with Crippen LogP contribution in [0.2, 0.25) is 0 Å². The van der Waals surface area contributed by atoms with Crippen molar-refractivity contribution >= 4 is 45.2 Å². The Morgan fingerprint density at radius 1 is 0.960 bits per heavy atom. The molecule has 0 spiro atoms. The minimum atomic E-state index is -1.05. The number of nitrogens with one attached hydrogen (secondary N) is 1. The standard InChI is InChI=1S/C20H16INO3/c21-15-10-8-13(9-11-15)12-18(20(24)25)22-19(23)17-7-3-5-14-4-1-2-6-16(14)17/h1-11,18H,12H2,(H,22,23)(H,24,25)/t18-/m1/s1. The van der Waals surface area contributed by atoms with Crippen LogP contribution in [0.5, 0.6) is 0 Å². The van der Waals surface area contributed by atoms with Gasteiger partial charge in [0.1, 0.15) is 6.04 Å². The molecule has 3 rings (SSSR count). The van der Waals surface area contributed by atoms with E-state index in [9.17, 15) is 14.7 Å². The maximum atomic E-state index is 12.6. The van der Waals surface area contributed by atoms with E-state index in [1.165, 1.54) is 0 Å². The third-order valence-corrected chi connectivity index (χ3v) is 4.71. The summed E-state index contributed by atoms with van der Waals surface area (Å²) in [5.74, 6) is -1.43. The smallest absolute Gasteiger partial charge is 0.326 e. The zero-order valence-electron chi connectivity index (χ0n) is 13.3. The molecular formula is C20H16INO3. The molecule has 25 heavy (non-hydrogen) atoms. The first-order valence-electron chi connectivity index (χ1n) is 7.80. The zero-order valence-corrected chi connectivity index (χ0v) is 15.4. The molecular weight excluding hydrogens is 429 g/mol. The second-order valence-electron chi connectivity index (χ2n) is 5.72. The lowest BCUT2D eigenvalue weighted by Gasteiger charge is -2.15. The highest BCUT2D eigenvalue weighted by Gasteiger charge is 2.22. The van der Waals surface area contributed by atoms with Crippen molar-refractivity contribution in [3.63, 3.8) is 0 Å². The molecule has 1 atom stereocenters. The van der Waals surface area contributed by atoms with Gasteiger partial charge in [-0.05, 0) is 57.1 Å². The lowest BCUT2D eigenvalue weighted by atomic mass is 10.0. The van der Waals surface area contributed by atoms with Gasteiger partial charge in [-0.15, -0.1) is 0 Å². The molecule has 126 valence electrons. The summed E-state index contributed by atoms with van der Waals surface area (Å²) in [6.45, 7) is 0. The minimum absolute atomic E-state index is 0.239. The number of rotatable bonds is 5. The predicted octanol–water partition coefficient (Wildman–Crippen LogP) is 3.87. The van der Waals surface area contributed by atoms with Gasteiger partial charge in [0.25, 0.3) is 5.91 Å². The largest absolute Gasteiger partial charge is 0.480 e. The highest BCUT2D eigenvalue weighted by atomic mass is 127. The summed E-state index contributed by atoms with van der Waals surface area (Å²) in [6.07, 6.45) is 0.239. The van der Waals surface area contributed by atoms with E-state index >= 15 is 0 Å². The van der Waals surface area contributed by atoms with Gasteiger partial charge >= 0.3 is 5.97 Å². The van der Waals surface area contributed by atoms with Crippen LogP contribution in [-0.2, 0) is 11.2 Å². The molecule has 0 aliphatic rings. The van der Waals surface area contributed by atoms with Crippen molar-refractivity contribution in [2.24, 2.45) is 0 Å². The molecule has 0 fully saturated rings. The van der Waals surface area contributed by atoms with Crippen LogP contribution in [0.25, 0.3) is 10.8 Å². The van der Waals surface area contributed by atoms with Gasteiger partial charge < -0.3 is 10.4 Å². The number of carbonyl (C=O) groups excluding carboxylic acids is 1. The Hall–Kier alpha value is -2.41. The molecule has 0 radical (unpaired) electrons. The van der Waals surface area contributed by atoms with Gasteiger partial charge in [0.15, 0.2) is 0 Å². The van der Waals surface area contributed by atoms with Crippen molar-refractivity contribution < 1.29 is 14.7 Å². The van der Waals surface area contributed by atoms with Gasteiger partial charge in [-0.1, -0.05) is 48.5 Å². The molecule has 4 nitrogen and oxygen atoms in total. The Kier molecular flexibility index (Phi) is 5.33. The molecule has 0 heterocycles. The number of hydrogen-bond donors (Lipinski definition) is 2. The van der Waals surface area contributed by atoms with E-state index < -0.39 is 12.0 Å². The Bertz CT molecular complexity index is 916. The number of fused-ring (bicyclic) bond motifs is 1. The molecule has 2 N–H and O–H groups in total. The third kappa shape index (κ3) is 4.17. The number of carboxylic acid groups (broad SMARTS) is 1. The third-order valence-electron chi connectivity index (χ3n) is 3.99. The first-order valence-corrected chi connectivity index (χ1v) is 8.88. The van der Waals surface area contributed by atoms with Gasteiger partial charge in [-0.3, -0.25) is 4.79 Å². The van der Waals surface area contributed by atoms with Crippen LogP contribution in [0.15, 0.2) is 66.7 Å². The van der Waals surface area contributed by atoms with Crippen LogP contribution in [-0.4, -0.2) is 23.0 Å². The summed E-state index contributed by atoms with van der Waals surface area (Å²) in [5.41, 5.74) is 1.35. The fraction of sp³-hybridized carbons (Fsp3) is 0.100. The molecule has 0 aromatic heterocycles. The van der Waals surface area contributed by atoms with Crippen LogP contribution in [0.1, 0.15) is 15.9 Å². The predicted molar refractivity (Wildman–Crippen MR) is 106 cm³/mol. The number of aliphatic carboxylic acids is 1. The summed E-state index contributed by atoms with van der Waals surface area (Å²) in [5, 5.41) is 13.9. The molecule has 0 unspecified atom stereocenters. The Morgan fingerprint density at radius 2 is 1.64 bits per heavy atom. The maximum Gasteiger partial charge on any atom is 0.326 e. The summed E-state index contributed by atoms with van der Waals surface area (Å²) in [4.78, 5) is 24.2. The first kappa shape index (κ1) is 17.4. The zero-order chi connectivity index (χ0) is 17.8. The van der Waals surface area contributed by atoms with Crippen LogP contribution in [0.4, 0.5) is 0 Å². The van der Waals surface area contributed by atoms with Crippen molar-refractivity contribution in [2.75, 3.05) is 0 Å². The van der Waals surface area contributed by atoms with Gasteiger partial charge in [-0.25, -0.2) is 4.79 Å².